The fourth-order valence-corrected chi connectivity index (χ4v) is 7.94. The van der Waals surface area contributed by atoms with Crippen molar-refractivity contribution in [1.29, 1.82) is 0 Å². The van der Waals surface area contributed by atoms with Gasteiger partial charge in [-0.2, -0.15) is 0 Å². The Morgan fingerprint density at radius 3 is 1.50 bits per heavy atom. The van der Waals surface area contributed by atoms with Crippen molar-refractivity contribution in [2.45, 2.75) is 0 Å². The summed E-state index contributed by atoms with van der Waals surface area (Å²) in [6, 6.07) is 21.6. The van der Waals surface area contributed by atoms with Crippen molar-refractivity contribution in [3.63, 3.8) is 0 Å². The molecule has 0 amide bonds. The van der Waals surface area contributed by atoms with E-state index in [9.17, 15) is 0 Å². The summed E-state index contributed by atoms with van der Waals surface area (Å²) in [7, 11) is 0. The number of aromatic nitrogens is 2. The zero-order valence-electron chi connectivity index (χ0n) is 10.6. The second-order valence-electron chi connectivity index (χ2n) is 4.61. The first-order valence-corrected chi connectivity index (χ1v) is 12.4. The van der Waals surface area contributed by atoms with E-state index in [-0.39, 0.29) is 0 Å². The number of para-hydroxylation sites is 2. The summed E-state index contributed by atoms with van der Waals surface area (Å²) in [5.74, 6) is 0. The molecule has 0 bridgehead atoms. The Bertz CT molecular complexity index is 736. The second-order valence-corrected chi connectivity index (χ2v) is 10.8. The summed E-state index contributed by atoms with van der Waals surface area (Å²) >= 11 is 0.986. The first kappa shape index (κ1) is 12.3. The Labute approximate surface area is 127 Å². The van der Waals surface area contributed by atoms with E-state index in [0.29, 0.717) is 26.3 Å². The predicted molar refractivity (Wildman–Crippen MR) is 87.4 cm³/mol. The standard InChI is InChI=1S/C16H12N2Se2/c1-3-7-13-11(5-1)9-15(17-13)19-20-16-10-12-6-2-4-8-14(12)18-16/h1-10,17-18H. The van der Waals surface area contributed by atoms with Crippen molar-refractivity contribution in [2.75, 3.05) is 0 Å². The van der Waals surface area contributed by atoms with Crippen molar-refractivity contribution in [3.05, 3.63) is 60.7 Å². The molecule has 0 saturated heterocycles. The van der Waals surface area contributed by atoms with Crippen LogP contribution in [0, 0.1) is 0 Å². The van der Waals surface area contributed by atoms with Crippen molar-refractivity contribution in [3.8, 4) is 0 Å². The average molecular weight is 390 g/mol. The van der Waals surface area contributed by atoms with Crippen molar-refractivity contribution in [2.24, 2.45) is 0 Å². The average Bonchev–Trinajstić information content (AvgIpc) is 3.07. The van der Waals surface area contributed by atoms with Crippen LogP contribution in [0.2, 0.25) is 0 Å². The van der Waals surface area contributed by atoms with Gasteiger partial charge < -0.3 is 0 Å². The third-order valence-corrected chi connectivity index (χ3v) is 9.91. The van der Waals surface area contributed by atoms with Gasteiger partial charge in [0, 0.05) is 0 Å². The molecule has 2 nitrogen and oxygen atoms in total. The Morgan fingerprint density at radius 2 is 1.05 bits per heavy atom. The molecule has 0 aliphatic rings. The van der Waals surface area contributed by atoms with Crippen LogP contribution in [0.5, 0.6) is 0 Å². The van der Waals surface area contributed by atoms with Gasteiger partial charge in [-0.1, -0.05) is 0 Å². The maximum atomic E-state index is 3.53. The van der Waals surface area contributed by atoms with Gasteiger partial charge in [0.05, 0.1) is 0 Å². The molecular formula is C16H12N2Se2. The summed E-state index contributed by atoms with van der Waals surface area (Å²) in [5.41, 5.74) is 2.49. The van der Waals surface area contributed by atoms with Gasteiger partial charge in [0.2, 0.25) is 0 Å². The van der Waals surface area contributed by atoms with Crippen LogP contribution in [0.25, 0.3) is 21.8 Å². The molecule has 0 unspecified atom stereocenters. The summed E-state index contributed by atoms with van der Waals surface area (Å²) in [6.07, 6.45) is 0. The number of fused-ring (bicyclic) bond motifs is 2. The van der Waals surface area contributed by atoms with Gasteiger partial charge in [-0.3, -0.25) is 0 Å². The fourth-order valence-electron chi connectivity index (χ4n) is 2.27. The summed E-state index contributed by atoms with van der Waals surface area (Å²) < 4.78 is 2.77. The van der Waals surface area contributed by atoms with E-state index in [1.165, 1.54) is 31.0 Å². The SMILES string of the molecule is c1ccc2[nH]c([Se][Se]c3cc4ccccc4[nH]3)cc2c1. The molecule has 0 aliphatic carbocycles. The molecule has 2 aromatic heterocycles. The molecular weight excluding hydrogens is 378 g/mol. The fraction of sp³-hybridized carbons (Fsp3) is 0. The van der Waals surface area contributed by atoms with Crippen molar-refractivity contribution >= 4 is 57.3 Å². The molecule has 0 fully saturated rings. The van der Waals surface area contributed by atoms with Crippen LogP contribution in [-0.4, -0.2) is 36.2 Å². The maximum absolute atomic E-state index is 3.53. The van der Waals surface area contributed by atoms with E-state index in [1.54, 1.807) is 0 Å². The molecule has 0 atom stereocenters. The third-order valence-electron chi connectivity index (χ3n) is 3.23. The van der Waals surface area contributed by atoms with Crippen LogP contribution >= 0.6 is 0 Å². The van der Waals surface area contributed by atoms with E-state index in [4.69, 9.17) is 0 Å². The number of hydrogen-bond acceptors (Lipinski definition) is 0. The molecule has 98 valence electrons. The predicted octanol–water partition coefficient (Wildman–Crippen LogP) is 1.92. The summed E-state index contributed by atoms with van der Waals surface area (Å²) in [4.78, 5) is 7.06. The molecule has 2 N–H and O–H groups in total. The van der Waals surface area contributed by atoms with E-state index in [0.717, 1.165) is 0 Å². The van der Waals surface area contributed by atoms with Gasteiger partial charge in [-0.05, 0) is 0 Å². The summed E-state index contributed by atoms with van der Waals surface area (Å²) in [6.45, 7) is 0. The first-order valence-electron chi connectivity index (χ1n) is 6.38. The van der Waals surface area contributed by atoms with Gasteiger partial charge in [0.1, 0.15) is 0 Å². The minimum atomic E-state index is 0.493. The summed E-state index contributed by atoms with van der Waals surface area (Å²) in [5, 5.41) is 2.63. The van der Waals surface area contributed by atoms with Gasteiger partial charge in [-0.25, -0.2) is 0 Å². The third kappa shape index (κ3) is 2.32. The van der Waals surface area contributed by atoms with Crippen LogP contribution in [0.1, 0.15) is 0 Å². The molecule has 20 heavy (non-hydrogen) atoms. The zero-order chi connectivity index (χ0) is 13.4. The number of aromatic amines is 2. The minimum absolute atomic E-state index is 0.493. The quantitative estimate of drug-likeness (QED) is 0.501. The molecule has 0 saturated carbocycles. The molecule has 0 radical (unpaired) electrons. The van der Waals surface area contributed by atoms with E-state index >= 15 is 0 Å². The van der Waals surface area contributed by atoms with Crippen molar-refractivity contribution in [1.82, 2.24) is 9.97 Å². The topological polar surface area (TPSA) is 31.6 Å². The number of rotatable bonds is 3. The first-order chi connectivity index (χ1) is 9.88. The van der Waals surface area contributed by atoms with Crippen molar-refractivity contribution < 1.29 is 0 Å². The van der Waals surface area contributed by atoms with Crippen LogP contribution in [0.4, 0.5) is 0 Å². The Hall–Kier alpha value is -1.44. The van der Waals surface area contributed by atoms with E-state index in [1.807, 2.05) is 0 Å². The molecule has 4 rings (SSSR count). The van der Waals surface area contributed by atoms with Crippen LogP contribution in [0.15, 0.2) is 60.7 Å². The van der Waals surface area contributed by atoms with E-state index in [2.05, 4.69) is 70.6 Å². The van der Waals surface area contributed by atoms with Gasteiger partial charge in [0.25, 0.3) is 0 Å². The molecule has 4 heteroatoms. The number of H-pyrrole nitrogens is 2. The van der Waals surface area contributed by atoms with Gasteiger partial charge >= 0.3 is 128 Å². The van der Waals surface area contributed by atoms with Crippen LogP contribution in [-0.2, 0) is 0 Å². The molecule has 0 aliphatic heterocycles. The van der Waals surface area contributed by atoms with Crippen LogP contribution in [0.3, 0.4) is 0 Å². The second kappa shape index (κ2) is 5.16. The molecule has 2 heterocycles. The molecule has 0 spiro atoms. The Kier molecular flexibility index (Phi) is 3.17. The monoisotopic (exact) mass is 392 g/mol. The molecule has 2 aromatic carbocycles. The van der Waals surface area contributed by atoms with Gasteiger partial charge in [-0.15, -0.1) is 0 Å². The van der Waals surface area contributed by atoms with E-state index < -0.39 is 0 Å². The number of hydrogen-bond donors (Lipinski definition) is 2. The Morgan fingerprint density at radius 1 is 0.600 bits per heavy atom. The number of nitrogens with one attached hydrogen (secondary N) is 2. The normalized spacial score (nSPS) is 11.4. The number of benzene rings is 2. The zero-order valence-corrected chi connectivity index (χ0v) is 14.0. The van der Waals surface area contributed by atoms with Gasteiger partial charge in [0.15, 0.2) is 0 Å². The Balaban J connectivity index is 1.57. The molecule has 4 aromatic rings. The van der Waals surface area contributed by atoms with Crippen LogP contribution < -0.4 is 9.18 Å².